The molecule has 0 bridgehead atoms. The molecule has 0 fully saturated rings. The number of urea groups is 1. The van der Waals surface area contributed by atoms with Gasteiger partial charge < -0.3 is 14.9 Å². The molecule has 0 aliphatic carbocycles. The highest BCUT2D eigenvalue weighted by molar-refractivity contribution is 7.09. The van der Waals surface area contributed by atoms with Gasteiger partial charge in [-0.25, -0.2) is 4.79 Å². The van der Waals surface area contributed by atoms with Gasteiger partial charge in [0.25, 0.3) is 0 Å². The van der Waals surface area contributed by atoms with Crippen molar-refractivity contribution in [2.75, 3.05) is 20.1 Å². The molecule has 0 aromatic carbocycles. The van der Waals surface area contributed by atoms with Gasteiger partial charge in [0.15, 0.2) is 0 Å². The van der Waals surface area contributed by atoms with Crippen LogP contribution in [0.25, 0.3) is 0 Å². The quantitative estimate of drug-likeness (QED) is 0.861. The lowest BCUT2D eigenvalue weighted by atomic mass is 10.4. The monoisotopic (exact) mass is 270 g/mol. The summed E-state index contributed by atoms with van der Waals surface area (Å²) in [6, 6.07) is 3.64. The summed E-state index contributed by atoms with van der Waals surface area (Å²) in [6.07, 6.45) is 0.742. The number of rotatable bonds is 6. The minimum absolute atomic E-state index is 0.243. The largest absolute Gasteiger partial charge is 0.480 e. The van der Waals surface area contributed by atoms with Crippen molar-refractivity contribution in [2.45, 2.75) is 19.9 Å². The minimum Gasteiger partial charge on any atom is -0.480 e. The van der Waals surface area contributed by atoms with Crippen molar-refractivity contribution in [3.05, 3.63) is 22.4 Å². The molecule has 1 rings (SSSR count). The van der Waals surface area contributed by atoms with E-state index < -0.39 is 5.97 Å². The lowest BCUT2D eigenvalue weighted by molar-refractivity contribution is -0.137. The number of carboxylic acids is 1. The molecule has 1 heterocycles. The molecule has 6 heteroatoms. The Labute approximate surface area is 111 Å². The van der Waals surface area contributed by atoms with E-state index in [4.69, 9.17) is 5.11 Å². The first-order chi connectivity index (χ1) is 8.54. The number of amides is 2. The molecule has 0 unspecified atom stereocenters. The molecule has 0 aliphatic rings. The van der Waals surface area contributed by atoms with Crippen LogP contribution in [-0.4, -0.2) is 47.0 Å². The van der Waals surface area contributed by atoms with Gasteiger partial charge in [0.2, 0.25) is 0 Å². The summed E-state index contributed by atoms with van der Waals surface area (Å²) in [6.45, 7) is 2.64. The molecular weight excluding hydrogens is 252 g/mol. The van der Waals surface area contributed by atoms with Gasteiger partial charge in [-0.1, -0.05) is 13.0 Å². The number of thiophene rings is 1. The summed E-state index contributed by atoms with van der Waals surface area (Å²) in [5.74, 6) is -0.985. The molecule has 0 radical (unpaired) electrons. The maximum Gasteiger partial charge on any atom is 0.323 e. The number of nitrogens with zero attached hydrogens (tertiary/aromatic N) is 2. The third-order valence-electron chi connectivity index (χ3n) is 2.39. The second kappa shape index (κ2) is 7.00. The maximum absolute atomic E-state index is 12.1. The third kappa shape index (κ3) is 4.37. The van der Waals surface area contributed by atoms with Crippen LogP contribution in [0.1, 0.15) is 18.2 Å². The topological polar surface area (TPSA) is 60.9 Å². The van der Waals surface area contributed by atoms with Crippen molar-refractivity contribution in [2.24, 2.45) is 0 Å². The molecule has 1 aromatic rings. The average molecular weight is 270 g/mol. The molecule has 0 saturated heterocycles. The van der Waals surface area contributed by atoms with Crippen LogP contribution in [0.3, 0.4) is 0 Å². The fourth-order valence-corrected chi connectivity index (χ4v) is 2.38. The van der Waals surface area contributed by atoms with Gasteiger partial charge in [-0.05, 0) is 17.9 Å². The zero-order chi connectivity index (χ0) is 13.5. The third-order valence-corrected chi connectivity index (χ3v) is 3.25. The fourth-order valence-electron chi connectivity index (χ4n) is 1.62. The van der Waals surface area contributed by atoms with Gasteiger partial charge in [-0.15, -0.1) is 11.3 Å². The van der Waals surface area contributed by atoms with Crippen LogP contribution in [0, 0.1) is 0 Å². The molecule has 1 aromatic heterocycles. The Balaban J connectivity index is 2.60. The summed E-state index contributed by atoms with van der Waals surface area (Å²) in [5, 5.41) is 10.7. The smallest absolute Gasteiger partial charge is 0.323 e. The van der Waals surface area contributed by atoms with Crippen LogP contribution in [-0.2, 0) is 11.3 Å². The predicted octanol–water partition coefficient (Wildman–Crippen LogP) is 2.10. The zero-order valence-corrected chi connectivity index (χ0v) is 11.4. The molecule has 100 valence electrons. The van der Waals surface area contributed by atoms with E-state index in [0.29, 0.717) is 13.1 Å². The minimum atomic E-state index is -0.985. The average Bonchev–Trinajstić information content (AvgIpc) is 2.79. The molecule has 1 N–H and O–H groups in total. The van der Waals surface area contributed by atoms with Crippen LogP contribution in [0.15, 0.2) is 17.5 Å². The number of carbonyl (C=O) groups excluding carboxylic acids is 1. The second-order valence-corrected chi connectivity index (χ2v) is 5.07. The van der Waals surface area contributed by atoms with Crippen molar-refractivity contribution in [3.63, 3.8) is 0 Å². The lowest BCUT2D eigenvalue weighted by Crippen LogP contribution is -2.43. The van der Waals surface area contributed by atoms with E-state index in [0.717, 1.165) is 11.3 Å². The molecule has 2 amide bonds. The summed E-state index contributed by atoms with van der Waals surface area (Å²) in [4.78, 5) is 26.8. The van der Waals surface area contributed by atoms with E-state index in [-0.39, 0.29) is 12.6 Å². The number of aliphatic carboxylic acids is 1. The molecule has 5 nitrogen and oxygen atoms in total. The number of carboxylic acid groups (broad SMARTS) is 1. The number of hydrogen-bond acceptors (Lipinski definition) is 3. The van der Waals surface area contributed by atoms with Crippen LogP contribution in [0.2, 0.25) is 0 Å². The van der Waals surface area contributed by atoms with Gasteiger partial charge in [0.05, 0.1) is 6.54 Å². The summed E-state index contributed by atoms with van der Waals surface area (Å²) in [5.41, 5.74) is 0. The van der Waals surface area contributed by atoms with Crippen LogP contribution >= 0.6 is 11.3 Å². The van der Waals surface area contributed by atoms with Gasteiger partial charge in [-0.3, -0.25) is 4.79 Å². The van der Waals surface area contributed by atoms with E-state index in [1.807, 2.05) is 24.4 Å². The van der Waals surface area contributed by atoms with Gasteiger partial charge in [-0.2, -0.15) is 0 Å². The zero-order valence-electron chi connectivity index (χ0n) is 10.6. The molecule has 0 atom stereocenters. The first-order valence-electron chi connectivity index (χ1n) is 5.78. The first kappa shape index (κ1) is 14.5. The Kier molecular flexibility index (Phi) is 5.64. The van der Waals surface area contributed by atoms with E-state index in [2.05, 4.69) is 0 Å². The Morgan fingerprint density at radius 2 is 2.17 bits per heavy atom. The normalized spacial score (nSPS) is 10.1. The highest BCUT2D eigenvalue weighted by Gasteiger charge is 2.19. The highest BCUT2D eigenvalue weighted by Crippen LogP contribution is 2.12. The van der Waals surface area contributed by atoms with Crippen molar-refractivity contribution in [3.8, 4) is 0 Å². The highest BCUT2D eigenvalue weighted by atomic mass is 32.1. The Morgan fingerprint density at radius 1 is 1.44 bits per heavy atom. The number of carbonyl (C=O) groups is 2. The van der Waals surface area contributed by atoms with Gasteiger partial charge in [0.1, 0.15) is 6.54 Å². The standard InChI is InChI=1S/C12H18N2O3S/c1-3-6-14(9-11(15)16)12(17)13(2)8-10-5-4-7-18-10/h4-5,7H,3,6,8-9H2,1-2H3,(H,15,16). The molecule has 0 spiro atoms. The Bertz CT molecular complexity index is 392. The maximum atomic E-state index is 12.1. The van der Waals surface area contributed by atoms with Gasteiger partial charge in [0, 0.05) is 18.5 Å². The molecule has 0 aliphatic heterocycles. The van der Waals surface area contributed by atoms with Crippen molar-refractivity contribution < 1.29 is 14.7 Å². The lowest BCUT2D eigenvalue weighted by Gasteiger charge is -2.26. The Morgan fingerprint density at radius 3 is 2.67 bits per heavy atom. The van der Waals surface area contributed by atoms with E-state index in [1.165, 1.54) is 4.90 Å². The van der Waals surface area contributed by atoms with Crippen LogP contribution < -0.4 is 0 Å². The second-order valence-electron chi connectivity index (χ2n) is 4.03. The predicted molar refractivity (Wildman–Crippen MR) is 70.7 cm³/mol. The molecule has 0 saturated carbocycles. The molecular formula is C12H18N2O3S. The van der Waals surface area contributed by atoms with Crippen LogP contribution in [0.4, 0.5) is 4.79 Å². The van der Waals surface area contributed by atoms with Crippen molar-refractivity contribution >= 4 is 23.3 Å². The molecule has 18 heavy (non-hydrogen) atoms. The van der Waals surface area contributed by atoms with Crippen molar-refractivity contribution in [1.82, 2.24) is 9.80 Å². The van der Waals surface area contributed by atoms with Crippen LogP contribution in [0.5, 0.6) is 0 Å². The fraction of sp³-hybridized carbons (Fsp3) is 0.500. The summed E-state index contributed by atoms with van der Waals surface area (Å²) >= 11 is 1.58. The Hall–Kier alpha value is -1.56. The van der Waals surface area contributed by atoms with Crippen molar-refractivity contribution in [1.29, 1.82) is 0 Å². The van der Waals surface area contributed by atoms with E-state index in [9.17, 15) is 9.59 Å². The summed E-state index contributed by atoms with van der Waals surface area (Å²) in [7, 11) is 1.69. The van der Waals surface area contributed by atoms with Gasteiger partial charge >= 0.3 is 12.0 Å². The SMILES string of the molecule is CCCN(CC(=O)O)C(=O)N(C)Cc1cccs1. The van der Waals surface area contributed by atoms with E-state index in [1.54, 1.807) is 23.3 Å². The van der Waals surface area contributed by atoms with E-state index >= 15 is 0 Å². The summed E-state index contributed by atoms with van der Waals surface area (Å²) < 4.78 is 0. The first-order valence-corrected chi connectivity index (χ1v) is 6.66. The number of hydrogen-bond donors (Lipinski definition) is 1.